The number of hydrogen-bond donors (Lipinski definition) is 1. The minimum atomic E-state index is 0.549. The fourth-order valence-electron chi connectivity index (χ4n) is 3.87. The van der Waals surface area contributed by atoms with Gasteiger partial charge in [0.25, 0.3) is 0 Å². The number of anilines is 1. The summed E-state index contributed by atoms with van der Waals surface area (Å²) in [5, 5.41) is 3.55. The number of aryl methyl sites for hydroxylation is 1. The highest BCUT2D eigenvalue weighted by molar-refractivity contribution is 5.90. The fraction of sp³-hybridized carbons (Fsp3) is 0.273. The van der Waals surface area contributed by atoms with Gasteiger partial charge in [-0.3, -0.25) is 0 Å². The molecule has 2 rings (SSSR count). The van der Waals surface area contributed by atoms with Crippen LogP contribution in [0.3, 0.4) is 0 Å². The zero-order valence-electron chi connectivity index (χ0n) is 21.5. The number of rotatable bonds is 11. The molecule has 176 valence electrons. The Labute approximate surface area is 207 Å². The summed E-state index contributed by atoms with van der Waals surface area (Å²) in [5.74, 6) is 2.93. The van der Waals surface area contributed by atoms with E-state index in [-0.39, 0.29) is 0 Å². The SMILES string of the molecule is C#CC/C(C(=CC)/C=C/C(C)=C/C=C\CCC)=C(/c1ccccc1)c1cc(C)ccc1NCC. The summed E-state index contributed by atoms with van der Waals surface area (Å²) in [4.78, 5) is 0. The summed E-state index contributed by atoms with van der Waals surface area (Å²) in [6.07, 6.45) is 21.8. The van der Waals surface area contributed by atoms with Crippen LogP contribution < -0.4 is 5.32 Å². The molecule has 0 aromatic heterocycles. The first-order valence-electron chi connectivity index (χ1n) is 12.3. The molecule has 0 fully saturated rings. The largest absolute Gasteiger partial charge is 0.385 e. The van der Waals surface area contributed by atoms with Crippen LogP contribution in [0.15, 0.2) is 102 Å². The smallest absolute Gasteiger partial charge is 0.0420 e. The van der Waals surface area contributed by atoms with Crippen LogP contribution in [0, 0.1) is 19.3 Å². The molecule has 0 aliphatic heterocycles. The van der Waals surface area contributed by atoms with Crippen LogP contribution in [0.1, 0.15) is 63.6 Å². The van der Waals surface area contributed by atoms with Crippen molar-refractivity contribution in [3.05, 3.63) is 118 Å². The van der Waals surface area contributed by atoms with E-state index in [2.05, 4.69) is 131 Å². The van der Waals surface area contributed by atoms with E-state index in [1.54, 1.807) is 0 Å². The number of hydrogen-bond acceptors (Lipinski definition) is 1. The van der Waals surface area contributed by atoms with Crippen molar-refractivity contribution in [2.45, 2.75) is 53.9 Å². The Morgan fingerprint density at radius 1 is 1.06 bits per heavy atom. The maximum Gasteiger partial charge on any atom is 0.0420 e. The van der Waals surface area contributed by atoms with Gasteiger partial charge in [-0.05, 0) is 68.5 Å². The lowest BCUT2D eigenvalue weighted by Crippen LogP contribution is -2.04. The molecule has 1 nitrogen and oxygen atoms in total. The van der Waals surface area contributed by atoms with Crippen molar-refractivity contribution in [2.75, 3.05) is 11.9 Å². The third-order valence-electron chi connectivity index (χ3n) is 5.59. The predicted octanol–water partition coefficient (Wildman–Crippen LogP) is 9.06. The minimum Gasteiger partial charge on any atom is -0.385 e. The van der Waals surface area contributed by atoms with Gasteiger partial charge in [-0.25, -0.2) is 0 Å². The molecular formula is C33H39N. The van der Waals surface area contributed by atoms with Crippen LogP contribution in [0.4, 0.5) is 5.69 Å². The van der Waals surface area contributed by atoms with E-state index >= 15 is 0 Å². The zero-order chi connectivity index (χ0) is 24.8. The van der Waals surface area contributed by atoms with Crippen LogP contribution >= 0.6 is 0 Å². The molecule has 1 N–H and O–H groups in total. The highest BCUT2D eigenvalue weighted by Crippen LogP contribution is 2.37. The van der Waals surface area contributed by atoms with Crippen LogP contribution in [-0.4, -0.2) is 6.54 Å². The molecule has 0 saturated carbocycles. The van der Waals surface area contributed by atoms with Gasteiger partial charge in [-0.2, -0.15) is 0 Å². The standard InChI is InChI=1S/C33H39N/c1-7-11-12-14-18-26(5)21-23-28(9-3)30(17-8-2)33(29-19-15-13-16-20-29)31-25-27(6)22-24-32(31)34-10-4/h2,9,12-16,18-25,34H,7,10-11,17H2,1,3-6H3/b14-12-,23-21+,26-18+,28-9?,33-30+. The lowest BCUT2D eigenvalue weighted by Gasteiger charge is -2.20. The second kappa shape index (κ2) is 14.6. The molecule has 34 heavy (non-hydrogen) atoms. The second-order valence-corrected chi connectivity index (χ2v) is 8.38. The number of unbranched alkanes of at least 4 members (excludes halogenated alkanes) is 1. The molecule has 0 unspecified atom stereocenters. The fourth-order valence-corrected chi connectivity index (χ4v) is 3.87. The van der Waals surface area contributed by atoms with Crippen molar-refractivity contribution in [1.82, 2.24) is 0 Å². The number of allylic oxidation sites excluding steroid dienone is 9. The molecule has 0 amide bonds. The average molecular weight is 450 g/mol. The summed E-state index contributed by atoms with van der Waals surface area (Å²) >= 11 is 0. The molecule has 0 bridgehead atoms. The maximum absolute atomic E-state index is 5.92. The Morgan fingerprint density at radius 2 is 1.82 bits per heavy atom. The highest BCUT2D eigenvalue weighted by Gasteiger charge is 2.17. The molecule has 1 heteroatoms. The predicted molar refractivity (Wildman–Crippen MR) is 152 cm³/mol. The zero-order valence-corrected chi connectivity index (χ0v) is 21.5. The van der Waals surface area contributed by atoms with E-state index in [0.717, 1.165) is 36.2 Å². The molecule has 0 atom stereocenters. The van der Waals surface area contributed by atoms with Crippen LogP contribution in [-0.2, 0) is 0 Å². The van der Waals surface area contributed by atoms with Gasteiger partial charge in [0.2, 0.25) is 0 Å². The third-order valence-corrected chi connectivity index (χ3v) is 5.59. The first kappa shape index (κ1) is 26.7. The molecule has 0 heterocycles. The molecule has 0 aliphatic carbocycles. The van der Waals surface area contributed by atoms with E-state index < -0.39 is 0 Å². The van der Waals surface area contributed by atoms with Crippen molar-refractivity contribution < 1.29 is 0 Å². The molecule has 2 aromatic carbocycles. The van der Waals surface area contributed by atoms with Crippen molar-refractivity contribution >= 4 is 11.3 Å². The summed E-state index contributed by atoms with van der Waals surface area (Å²) in [6.45, 7) is 11.5. The molecule has 0 spiro atoms. The van der Waals surface area contributed by atoms with Gasteiger partial charge in [-0.15, -0.1) is 12.3 Å². The van der Waals surface area contributed by atoms with Crippen LogP contribution in [0.5, 0.6) is 0 Å². The van der Waals surface area contributed by atoms with E-state index in [4.69, 9.17) is 6.42 Å². The maximum atomic E-state index is 5.92. The Bertz CT molecular complexity index is 1110. The monoisotopic (exact) mass is 449 g/mol. The quantitative estimate of drug-likeness (QED) is 0.266. The Hall–Kier alpha value is -3.50. The van der Waals surface area contributed by atoms with Gasteiger partial charge < -0.3 is 5.32 Å². The number of terminal acetylenes is 1. The Morgan fingerprint density at radius 3 is 2.47 bits per heavy atom. The summed E-state index contributed by atoms with van der Waals surface area (Å²) in [7, 11) is 0. The van der Waals surface area contributed by atoms with Crippen molar-refractivity contribution in [2.24, 2.45) is 0 Å². The summed E-state index contributed by atoms with van der Waals surface area (Å²) in [5.41, 5.74) is 9.38. The first-order valence-corrected chi connectivity index (χ1v) is 12.3. The van der Waals surface area contributed by atoms with Gasteiger partial charge >= 0.3 is 0 Å². The lowest BCUT2D eigenvalue weighted by molar-refractivity contribution is 0.959. The van der Waals surface area contributed by atoms with E-state index in [1.807, 2.05) is 0 Å². The third kappa shape index (κ3) is 7.82. The highest BCUT2D eigenvalue weighted by atomic mass is 14.9. The molecule has 2 aromatic rings. The van der Waals surface area contributed by atoms with Gasteiger partial charge in [0.1, 0.15) is 0 Å². The van der Waals surface area contributed by atoms with Crippen molar-refractivity contribution in [1.29, 1.82) is 0 Å². The molecular weight excluding hydrogens is 410 g/mol. The number of nitrogens with one attached hydrogen (secondary N) is 1. The first-order chi connectivity index (χ1) is 16.5. The van der Waals surface area contributed by atoms with E-state index in [9.17, 15) is 0 Å². The van der Waals surface area contributed by atoms with Crippen molar-refractivity contribution in [3.8, 4) is 12.3 Å². The van der Waals surface area contributed by atoms with Gasteiger partial charge in [0.15, 0.2) is 0 Å². The van der Waals surface area contributed by atoms with Gasteiger partial charge in [0, 0.05) is 24.2 Å². The van der Waals surface area contributed by atoms with Gasteiger partial charge in [-0.1, -0.05) is 97.3 Å². The average Bonchev–Trinajstić information content (AvgIpc) is 2.84. The summed E-state index contributed by atoms with van der Waals surface area (Å²) in [6, 6.07) is 17.2. The molecule has 0 radical (unpaired) electrons. The van der Waals surface area contributed by atoms with Crippen LogP contribution in [0.25, 0.3) is 5.57 Å². The Kier molecular flexibility index (Phi) is 11.5. The van der Waals surface area contributed by atoms with E-state index in [0.29, 0.717) is 6.42 Å². The van der Waals surface area contributed by atoms with E-state index in [1.165, 1.54) is 27.8 Å². The molecule has 0 aliphatic rings. The normalized spacial score (nSPS) is 13.3. The lowest BCUT2D eigenvalue weighted by atomic mass is 9.86. The van der Waals surface area contributed by atoms with Gasteiger partial charge in [0.05, 0.1) is 0 Å². The topological polar surface area (TPSA) is 12.0 Å². The Balaban J connectivity index is 2.72. The number of benzene rings is 2. The molecule has 0 saturated heterocycles. The van der Waals surface area contributed by atoms with Crippen molar-refractivity contribution in [3.63, 3.8) is 0 Å². The second-order valence-electron chi connectivity index (χ2n) is 8.38. The van der Waals surface area contributed by atoms with Crippen LogP contribution in [0.2, 0.25) is 0 Å². The minimum absolute atomic E-state index is 0.549. The summed E-state index contributed by atoms with van der Waals surface area (Å²) < 4.78 is 0.